The molecule has 5 rings (SSSR count). The van der Waals surface area contributed by atoms with Crippen LogP contribution in [0.25, 0.3) is 16.8 Å². The van der Waals surface area contributed by atoms with Gasteiger partial charge in [-0.1, -0.05) is 35.9 Å². The smallest absolute Gasteiger partial charge is 0.258 e. The Labute approximate surface area is 152 Å². The molecule has 0 fully saturated rings. The monoisotopic (exact) mass is 364 g/mol. The van der Waals surface area contributed by atoms with Gasteiger partial charge in [0.1, 0.15) is 5.82 Å². The topological polar surface area (TPSA) is 79.3 Å². The second kappa shape index (κ2) is 5.44. The lowest BCUT2D eigenvalue weighted by Gasteiger charge is -2.25. The fourth-order valence-corrected chi connectivity index (χ4v) is 3.86. The molecule has 0 radical (unpaired) electrons. The molecule has 4 aromatic rings. The molecule has 0 saturated heterocycles. The quantitative estimate of drug-likeness (QED) is 0.544. The molecule has 1 amide bonds. The van der Waals surface area contributed by atoms with Crippen molar-refractivity contribution in [2.45, 2.75) is 12.3 Å². The van der Waals surface area contributed by atoms with E-state index in [0.29, 0.717) is 22.2 Å². The largest absolute Gasteiger partial charge is 0.311 e. The molecular weight excluding hydrogens is 352 g/mol. The highest BCUT2D eigenvalue weighted by molar-refractivity contribution is 6.30. The predicted octanol–water partition coefficient (Wildman–Crippen LogP) is 3.30. The first kappa shape index (κ1) is 15.2. The number of nitrogens with zero attached hydrogens (tertiary/aromatic N) is 2. The van der Waals surface area contributed by atoms with E-state index in [1.165, 1.54) is 0 Å². The Morgan fingerprint density at radius 2 is 1.96 bits per heavy atom. The minimum absolute atomic E-state index is 0.146. The first-order valence-corrected chi connectivity index (χ1v) is 8.58. The third kappa shape index (κ3) is 2.16. The second-order valence-corrected chi connectivity index (χ2v) is 6.77. The molecule has 2 aromatic heterocycles. The zero-order valence-corrected chi connectivity index (χ0v) is 14.2. The lowest BCUT2D eigenvalue weighted by atomic mass is 9.87. The van der Waals surface area contributed by atoms with Gasteiger partial charge in [0, 0.05) is 17.4 Å². The van der Waals surface area contributed by atoms with Crippen LogP contribution >= 0.6 is 11.6 Å². The minimum atomic E-state index is -0.369. The zero-order valence-electron chi connectivity index (χ0n) is 13.5. The van der Waals surface area contributed by atoms with E-state index in [1.807, 2.05) is 36.4 Å². The molecule has 2 aromatic carbocycles. The maximum Gasteiger partial charge on any atom is 0.258 e. The van der Waals surface area contributed by atoms with Gasteiger partial charge < -0.3 is 5.32 Å². The molecule has 2 N–H and O–H groups in total. The Morgan fingerprint density at radius 3 is 2.81 bits per heavy atom. The van der Waals surface area contributed by atoms with Gasteiger partial charge in [-0.15, -0.1) is 0 Å². The van der Waals surface area contributed by atoms with Crippen molar-refractivity contribution < 1.29 is 4.79 Å². The van der Waals surface area contributed by atoms with Crippen LogP contribution < -0.4 is 10.9 Å². The molecule has 3 heterocycles. The number of aromatic nitrogens is 3. The average Bonchev–Trinajstić information content (AvgIpc) is 2.99. The van der Waals surface area contributed by atoms with Gasteiger partial charge in [-0.3, -0.25) is 19.0 Å². The van der Waals surface area contributed by atoms with Gasteiger partial charge in [-0.2, -0.15) is 0 Å². The number of imidazole rings is 1. The van der Waals surface area contributed by atoms with Crippen LogP contribution in [0.2, 0.25) is 5.02 Å². The van der Waals surface area contributed by atoms with Crippen LogP contribution in [0.1, 0.15) is 23.5 Å². The summed E-state index contributed by atoms with van der Waals surface area (Å²) in [4.78, 5) is 32.6. The summed E-state index contributed by atoms with van der Waals surface area (Å²) in [6.45, 7) is 0. The van der Waals surface area contributed by atoms with Gasteiger partial charge in [0.2, 0.25) is 11.7 Å². The highest BCUT2D eigenvalue weighted by Crippen LogP contribution is 2.36. The number of para-hydroxylation sites is 2. The molecule has 0 aliphatic carbocycles. The Hall–Kier alpha value is -3.12. The number of carbonyl (C=O) groups excluding carboxylic acids is 1. The average molecular weight is 365 g/mol. The van der Waals surface area contributed by atoms with Crippen molar-refractivity contribution >= 4 is 40.1 Å². The lowest BCUT2D eigenvalue weighted by Crippen LogP contribution is -2.32. The molecule has 1 atom stereocenters. The molecule has 26 heavy (non-hydrogen) atoms. The second-order valence-electron chi connectivity index (χ2n) is 6.34. The summed E-state index contributed by atoms with van der Waals surface area (Å²) in [5, 5.41) is 3.44. The molecule has 0 bridgehead atoms. The fraction of sp³-hybridized carbons (Fsp3) is 0.105. The summed E-state index contributed by atoms with van der Waals surface area (Å²) in [6.07, 6.45) is 0.189. The third-order valence-corrected chi connectivity index (χ3v) is 4.99. The van der Waals surface area contributed by atoms with E-state index < -0.39 is 0 Å². The van der Waals surface area contributed by atoms with Crippen LogP contribution in [0.5, 0.6) is 0 Å². The van der Waals surface area contributed by atoms with Crippen LogP contribution in [0.15, 0.2) is 53.3 Å². The van der Waals surface area contributed by atoms with Crippen molar-refractivity contribution in [3.05, 3.63) is 75.0 Å². The number of carbonyl (C=O) groups is 1. The molecule has 0 spiro atoms. The van der Waals surface area contributed by atoms with Gasteiger partial charge in [-0.05, 0) is 29.8 Å². The number of rotatable bonds is 1. The van der Waals surface area contributed by atoms with Crippen molar-refractivity contribution in [1.82, 2.24) is 14.4 Å². The summed E-state index contributed by atoms with van der Waals surface area (Å²) in [5.74, 6) is 0.361. The number of hydrogen-bond donors (Lipinski definition) is 2. The van der Waals surface area contributed by atoms with Crippen LogP contribution in [-0.2, 0) is 4.79 Å². The van der Waals surface area contributed by atoms with Crippen LogP contribution in [0, 0.1) is 0 Å². The van der Waals surface area contributed by atoms with Crippen molar-refractivity contribution in [2.75, 3.05) is 5.32 Å². The Bertz CT molecular complexity index is 1260. The number of H-pyrrole nitrogens is 1. The Balaban J connectivity index is 1.87. The number of nitrogens with one attached hydrogen (secondary N) is 2. The van der Waals surface area contributed by atoms with E-state index in [9.17, 15) is 9.59 Å². The number of aromatic amines is 1. The number of fused-ring (bicyclic) bond motifs is 5. The molecular formula is C19H13ClN4O2. The van der Waals surface area contributed by atoms with Crippen molar-refractivity contribution in [3.8, 4) is 0 Å². The van der Waals surface area contributed by atoms with E-state index in [2.05, 4.69) is 15.3 Å². The van der Waals surface area contributed by atoms with Gasteiger partial charge in [-0.25, -0.2) is 4.98 Å². The van der Waals surface area contributed by atoms with Crippen molar-refractivity contribution in [2.24, 2.45) is 0 Å². The number of halogens is 1. The van der Waals surface area contributed by atoms with Gasteiger partial charge in [0.25, 0.3) is 5.56 Å². The summed E-state index contributed by atoms with van der Waals surface area (Å²) in [6, 6.07) is 14.8. The highest BCUT2D eigenvalue weighted by Gasteiger charge is 2.32. The summed E-state index contributed by atoms with van der Waals surface area (Å²) < 4.78 is 1.79. The maximum atomic E-state index is 12.8. The number of anilines is 1. The summed E-state index contributed by atoms with van der Waals surface area (Å²) in [5.41, 5.74) is 2.66. The van der Waals surface area contributed by atoms with Gasteiger partial charge in [0.15, 0.2) is 0 Å². The lowest BCUT2D eigenvalue weighted by molar-refractivity contribution is -0.116. The number of hydrogen-bond acceptors (Lipinski definition) is 3. The molecule has 128 valence electrons. The van der Waals surface area contributed by atoms with Gasteiger partial charge >= 0.3 is 0 Å². The Kier molecular flexibility index (Phi) is 3.17. The van der Waals surface area contributed by atoms with Crippen LogP contribution in [0.4, 0.5) is 5.82 Å². The van der Waals surface area contributed by atoms with Gasteiger partial charge in [0.05, 0.1) is 16.6 Å². The first-order valence-electron chi connectivity index (χ1n) is 8.20. The van der Waals surface area contributed by atoms with Crippen LogP contribution in [0.3, 0.4) is 0 Å². The first-order chi connectivity index (χ1) is 12.6. The predicted molar refractivity (Wildman–Crippen MR) is 99.9 cm³/mol. The van der Waals surface area contributed by atoms with Crippen molar-refractivity contribution in [3.63, 3.8) is 0 Å². The van der Waals surface area contributed by atoms with E-state index in [-0.39, 0.29) is 23.8 Å². The van der Waals surface area contributed by atoms with E-state index in [1.54, 1.807) is 16.5 Å². The standard InChI is InChI=1S/C19H13ClN4O2/c20-11-5-3-4-10(8-11)12-9-15(25)22-17-16(12)18(26)23-19-21-13-6-1-2-7-14(13)24(17)19/h1-8,12H,9H2,(H,22,25)(H,21,23,26)/t12-/m1/s1. The highest BCUT2D eigenvalue weighted by atomic mass is 35.5. The molecule has 0 saturated carbocycles. The maximum absolute atomic E-state index is 12.8. The molecule has 6 nitrogen and oxygen atoms in total. The third-order valence-electron chi connectivity index (χ3n) is 4.76. The number of amides is 1. The molecule has 0 unspecified atom stereocenters. The molecule has 7 heteroatoms. The van der Waals surface area contributed by atoms with Crippen molar-refractivity contribution in [1.29, 1.82) is 0 Å². The Morgan fingerprint density at radius 1 is 1.12 bits per heavy atom. The molecule has 1 aliphatic rings. The fourth-order valence-electron chi connectivity index (χ4n) is 3.66. The van der Waals surface area contributed by atoms with E-state index in [4.69, 9.17) is 11.6 Å². The summed E-state index contributed by atoms with van der Waals surface area (Å²) in [7, 11) is 0. The van der Waals surface area contributed by atoms with Crippen LogP contribution in [-0.4, -0.2) is 20.3 Å². The van der Waals surface area contributed by atoms with E-state index in [0.717, 1.165) is 16.6 Å². The number of benzene rings is 2. The normalized spacial score (nSPS) is 16.7. The zero-order chi connectivity index (χ0) is 17.8. The minimum Gasteiger partial charge on any atom is -0.311 e. The van der Waals surface area contributed by atoms with E-state index >= 15 is 0 Å². The SMILES string of the molecule is O=C1C[C@H](c2cccc(Cl)c2)c2c(n3c(nc4ccccc43)[nH]c2=O)N1. The molecule has 1 aliphatic heterocycles. The summed E-state index contributed by atoms with van der Waals surface area (Å²) >= 11 is 6.12.